The first-order chi connectivity index (χ1) is 12.8. The van der Waals surface area contributed by atoms with Crippen LogP contribution in [0, 0.1) is 0 Å². The van der Waals surface area contributed by atoms with Crippen LogP contribution in [0.5, 0.6) is 5.75 Å². The summed E-state index contributed by atoms with van der Waals surface area (Å²) in [6, 6.07) is 12.1. The first kappa shape index (κ1) is 20.1. The highest BCUT2D eigenvalue weighted by Crippen LogP contribution is 2.25. The maximum atomic E-state index is 12.2. The minimum absolute atomic E-state index is 0.196. The van der Waals surface area contributed by atoms with E-state index in [-0.39, 0.29) is 6.42 Å². The predicted octanol–water partition coefficient (Wildman–Crippen LogP) is 4.01. The number of esters is 1. The van der Waals surface area contributed by atoms with Crippen molar-refractivity contribution in [3.63, 3.8) is 0 Å². The van der Waals surface area contributed by atoms with E-state index in [4.69, 9.17) is 0 Å². The van der Waals surface area contributed by atoms with Crippen molar-refractivity contribution < 1.29 is 32.2 Å². The number of anilines is 1. The largest absolute Gasteiger partial charge is 0.573 e. The number of alkyl halides is 3. The Kier molecular flexibility index (Phi) is 6.64. The number of methoxy groups -OCH3 is 1. The van der Waals surface area contributed by atoms with Crippen LogP contribution >= 0.6 is 0 Å². The first-order valence-electron chi connectivity index (χ1n) is 7.82. The number of ether oxygens (including phenoxy) is 2. The highest BCUT2D eigenvalue weighted by Gasteiger charge is 2.31. The molecule has 0 aromatic heterocycles. The number of hydrogen-bond acceptors (Lipinski definition) is 4. The van der Waals surface area contributed by atoms with Crippen LogP contribution < -0.4 is 15.4 Å². The number of amides is 2. The van der Waals surface area contributed by atoms with Gasteiger partial charge in [-0.1, -0.05) is 30.3 Å². The number of carbonyl (C=O) groups is 2. The van der Waals surface area contributed by atoms with E-state index in [2.05, 4.69) is 20.1 Å². The maximum absolute atomic E-state index is 12.2. The second-order valence-electron chi connectivity index (χ2n) is 5.41. The lowest BCUT2D eigenvalue weighted by Gasteiger charge is -2.19. The van der Waals surface area contributed by atoms with Crippen LogP contribution in [-0.2, 0) is 9.53 Å². The van der Waals surface area contributed by atoms with E-state index in [1.807, 2.05) is 0 Å². The summed E-state index contributed by atoms with van der Waals surface area (Å²) < 4.78 is 45.2. The van der Waals surface area contributed by atoms with Gasteiger partial charge in [0.2, 0.25) is 0 Å². The molecule has 9 heteroatoms. The first-order valence-corrected chi connectivity index (χ1v) is 7.82. The third-order valence-corrected chi connectivity index (χ3v) is 3.45. The number of para-hydroxylation sites is 1. The Labute approximate surface area is 153 Å². The number of urea groups is 1. The standard InChI is InChI=1S/C18H17F3N2O4/c1-26-16(24)11-15(23-17(25)22-13-5-3-2-4-6-13)12-7-9-14(10-8-12)27-18(19,20)21/h2-10,15H,11H2,1H3,(H2,22,23,25)/t15-/m0/s1. The van der Waals surface area contributed by atoms with E-state index in [1.54, 1.807) is 30.3 Å². The number of halogens is 3. The van der Waals surface area contributed by atoms with Crippen molar-refractivity contribution in [3.8, 4) is 5.75 Å². The normalized spacial score (nSPS) is 12.0. The molecule has 1 atom stereocenters. The van der Waals surface area contributed by atoms with Crippen molar-refractivity contribution >= 4 is 17.7 Å². The van der Waals surface area contributed by atoms with Crippen molar-refractivity contribution in [3.05, 3.63) is 60.2 Å². The fraction of sp³-hybridized carbons (Fsp3) is 0.222. The summed E-state index contributed by atoms with van der Waals surface area (Å²) in [6.07, 6.45) is -5.00. The van der Waals surface area contributed by atoms with Gasteiger partial charge in [-0.25, -0.2) is 4.79 Å². The van der Waals surface area contributed by atoms with Crippen molar-refractivity contribution in [1.29, 1.82) is 0 Å². The van der Waals surface area contributed by atoms with Crippen molar-refractivity contribution in [2.75, 3.05) is 12.4 Å². The average molecular weight is 382 g/mol. The second kappa shape index (κ2) is 8.93. The molecule has 2 aromatic carbocycles. The molecule has 2 N–H and O–H groups in total. The Balaban J connectivity index is 2.11. The number of hydrogen-bond donors (Lipinski definition) is 2. The molecule has 0 unspecified atom stereocenters. The highest BCUT2D eigenvalue weighted by molar-refractivity contribution is 5.89. The number of nitrogens with one attached hydrogen (secondary N) is 2. The average Bonchev–Trinajstić information content (AvgIpc) is 2.61. The van der Waals surface area contributed by atoms with Crippen LogP contribution in [0.3, 0.4) is 0 Å². The van der Waals surface area contributed by atoms with Gasteiger partial charge in [-0.2, -0.15) is 0 Å². The molecule has 2 amide bonds. The summed E-state index contributed by atoms with van der Waals surface area (Å²) >= 11 is 0. The Morgan fingerprint density at radius 3 is 2.22 bits per heavy atom. The molecule has 2 aromatic rings. The van der Waals surface area contributed by atoms with Gasteiger partial charge in [0.25, 0.3) is 0 Å². The van der Waals surface area contributed by atoms with Gasteiger partial charge in [-0.3, -0.25) is 4.79 Å². The minimum atomic E-state index is -4.80. The predicted molar refractivity (Wildman–Crippen MR) is 91.1 cm³/mol. The molecule has 0 spiro atoms. The third-order valence-electron chi connectivity index (χ3n) is 3.45. The fourth-order valence-corrected chi connectivity index (χ4v) is 2.25. The van der Waals surface area contributed by atoms with Crippen LogP contribution in [0.2, 0.25) is 0 Å². The number of carbonyl (C=O) groups excluding carboxylic acids is 2. The Morgan fingerprint density at radius 1 is 1.04 bits per heavy atom. The summed E-state index contributed by atoms with van der Waals surface area (Å²) in [4.78, 5) is 23.8. The molecule has 2 rings (SSSR count). The van der Waals surface area contributed by atoms with E-state index in [0.717, 1.165) is 12.1 Å². The van der Waals surface area contributed by atoms with Crippen molar-refractivity contribution in [1.82, 2.24) is 5.32 Å². The Morgan fingerprint density at radius 2 is 1.67 bits per heavy atom. The SMILES string of the molecule is COC(=O)C[C@H](NC(=O)Nc1ccccc1)c1ccc(OC(F)(F)F)cc1. The van der Waals surface area contributed by atoms with Crippen molar-refractivity contribution in [2.24, 2.45) is 0 Å². The van der Waals surface area contributed by atoms with E-state index >= 15 is 0 Å². The van der Waals surface area contributed by atoms with E-state index in [9.17, 15) is 22.8 Å². The molecular formula is C18H17F3N2O4. The van der Waals surface area contributed by atoms with Gasteiger partial charge in [-0.15, -0.1) is 13.2 Å². The zero-order valence-corrected chi connectivity index (χ0v) is 14.2. The molecule has 0 aliphatic heterocycles. The topological polar surface area (TPSA) is 76.7 Å². The zero-order valence-electron chi connectivity index (χ0n) is 14.2. The summed E-state index contributed by atoms with van der Waals surface area (Å²) in [7, 11) is 1.20. The Hall–Kier alpha value is -3.23. The maximum Gasteiger partial charge on any atom is 0.573 e. The van der Waals surface area contributed by atoms with Crippen LogP contribution in [0.25, 0.3) is 0 Å². The molecule has 27 heavy (non-hydrogen) atoms. The molecule has 0 saturated carbocycles. The highest BCUT2D eigenvalue weighted by atomic mass is 19.4. The third kappa shape index (κ3) is 6.89. The summed E-state index contributed by atoms with van der Waals surface area (Å²) in [6.45, 7) is 0. The van der Waals surface area contributed by atoms with Crippen molar-refractivity contribution in [2.45, 2.75) is 18.8 Å². The number of benzene rings is 2. The molecule has 6 nitrogen and oxygen atoms in total. The monoisotopic (exact) mass is 382 g/mol. The van der Waals surface area contributed by atoms with Gasteiger partial charge in [0, 0.05) is 5.69 Å². The zero-order chi connectivity index (χ0) is 19.9. The Bertz CT molecular complexity index is 764. The summed E-state index contributed by atoms with van der Waals surface area (Å²) in [5, 5.41) is 5.20. The summed E-state index contributed by atoms with van der Waals surface area (Å²) in [5.74, 6) is -0.993. The van der Waals surface area contributed by atoms with Crippen LogP contribution in [0.4, 0.5) is 23.7 Å². The van der Waals surface area contributed by atoms with Crippen LogP contribution in [0.1, 0.15) is 18.0 Å². The lowest BCUT2D eigenvalue weighted by Crippen LogP contribution is -2.34. The van der Waals surface area contributed by atoms with Gasteiger partial charge >= 0.3 is 18.4 Å². The van der Waals surface area contributed by atoms with Crippen LogP contribution in [0.15, 0.2) is 54.6 Å². The minimum Gasteiger partial charge on any atom is -0.469 e. The molecule has 0 aliphatic rings. The lowest BCUT2D eigenvalue weighted by molar-refractivity contribution is -0.274. The molecule has 0 aliphatic carbocycles. The molecule has 0 radical (unpaired) electrons. The lowest BCUT2D eigenvalue weighted by atomic mass is 10.0. The fourth-order valence-electron chi connectivity index (χ4n) is 2.25. The molecule has 0 heterocycles. The van der Waals surface area contributed by atoms with Gasteiger partial charge in [-0.05, 0) is 29.8 Å². The van der Waals surface area contributed by atoms with Gasteiger partial charge in [0.15, 0.2) is 0 Å². The van der Waals surface area contributed by atoms with E-state index < -0.39 is 30.2 Å². The van der Waals surface area contributed by atoms with Gasteiger partial charge < -0.3 is 20.1 Å². The van der Waals surface area contributed by atoms with Crippen LogP contribution in [-0.4, -0.2) is 25.5 Å². The smallest absolute Gasteiger partial charge is 0.469 e. The molecule has 0 saturated heterocycles. The molecule has 0 bridgehead atoms. The van der Waals surface area contributed by atoms with E-state index in [1.165, 1.54) is 19.2 Å². The summed E-state index contributed by atoms with van der Waals surface area (Å²) in [5.41, 5.74) is 0.957. The molecule has 0 fully saturated rings. The second-order valence-corrected chi connectivity index (χ2v) is 5.41. The number of rotatable bonds is 6. The van der Waals surface area contributed by atoms with Gasteiger partial charge in [0.1, 0.15) is 5.75 Å². The molecular weight excluding hydrogens is 365 g/mol. The molecule has 144 valence electrons. The van der Waals surface area contributed by atoms with Gasteiger partial charge in [0.05, 0.1) is 19.6 Å². The van der Waals surface area contributed by atoms with E-state index in [0.29, 0.717) is 11.3 Å². The quantitative estimate of drug-likeness (QED) is 0.740.